The Balaban J connectivity index is 2.51. The minimum Gasteiger partial charge on any atom is -0.462 e. The van der Waals surface area contributed by atoms with Crippen molar-refractivity contribution in [2.75, 3.05) is 11.9 Å². The van der Waals surface area contributed by atoms with Crippen LogP contribution in [0, 0.1) is 0 Å². The van der Waals surface area contributed by atoms with Gasteiger partial charge in [0.2, 0.25) is 9.84 Å². The van der Waals surface area contributed by atoms with Gasteiger partial charge >= 0.3 is 5.97 Å². The van der Waals surface area contributed by atoms with Crippen molar-refractivity contribution in [1.82, 2.24) is 0 Å². The number of carbonyl (C=O) groups is 1. The molecule has 2 aromatic rings. The third-order valence-corrected chi connectivity index (χ3v) is 5.97. The summed E-state index contributed by atoms with van der Waals surface area (Å²) in [6.45, 7) is 1.57. The van der Waals surface area contributed by atoms with Crippen LogP contribution in [-0.2, 0) is 19.4 Å². The molecule has 0 bridgehead atoms. The van der Waals surface area contributed by atoms with Gasteiger partial charge in [-0.25, -0.2) is 13.2 Å². The van der Waals surface area contributed by atoms with E-state index in [1.165, 1.54) is 18.2 Å². The molecule has 0 heterocycles. The number of halogens is 3. The molecule has 5 nitrogen and oxygen atoms in total. The molecular formula is C17H14Cl3NO4S. The molecule has 0 amide bonds. The SMILES string of the molecule is CCOC(=O)/C(=C\Nc1ccccc1Cl)S(=O)(=O)c1ccc(Cl)cc1Cl. The molecule has 1 N–H and O–H groups in total. The van der Waals surface area contributed by atoms with E-state index in [9.17, 15) is 13.2 Å². The second-order valence-corrected chi connectivity index (χ2v) is 8.07. The molecule has 0 atom stereocenters. The van der Waals surface area contributed by atoms with Crippen LogP contribution in [0.1, 0.15) is 6.92 Å². The Morgan fingerprint density at radius 3 is 2.42 bits per heavy atom. The Morgan fingerprint density at radius 2 is 1.81 bits per heavy atom. The van der Waals surface area contributed by atoms with Crippen LogP contribution in [0.2, 0.25) is 15.1 Å². The highest BCUT2D eigenvalue weighted by atomic mass is 35.5. The molecule has 138 valence electrons. The highest BCUT2D eigenvalue weighted by Crippen LogP contribution is 2.30. The van der Waals surface area contributed by atoms with Crippen LogP contribution in [0.5, 0.6) is 0 Å². The van der Waals surface area contributed by atoms with E-state index < -0.39 is 20.7 Å². The Kier molecular flexibility index (Phi) is 6.94. The Labute approximate surface area is 166 Å². The lowest BCUT2D eigenvalue weighted by Gasteiger charge is -2.11. The maximum atomic E-state index is 12.9. The summed E-state index contributed by atoms with van der Waals surface area (Å²) in [5, 5.41) is 3.23. The number of anilines is 1. The monoisotopic (exact) mass is 433 g/mol. The molecule has 0 saturated carbocycles. The fourth-order valence-corrected chi connectivity index (χ4v) is 4.18. The quantitative estimate of drug-likeness (QED) is 0.515. The first-order valence-corrected chi connectivity index (χ1v) is 9.97. The summed E-state index contributed by atoms with van der Waals surface area (Å²) < 4.78 is 30.7. The van der Waals surface area contributed by atoms with E-state index in [-0.39, 0.29) is 21.5 Å². The van der Waals surface area contributed by atoms with Crippen molar-refractivity contribution in [3.05, 3.63) is 68.6 Å². The number of hydrogen-bond donors (Lipinski definition) is 1. The highest BCUT2D eigenvalue weighted by Gasteiger charge is 2.30. The molecule has 2 aromatic carbocycles. The lowest BCUT2D eigenvalue weighted by Crippen LogP contribution is -2.18. The summed E-state index contributed by atoms with van der Waals surface area (Å²) in [5.41, 5.74) is 0.424. The number of carbonyl (C=O) groups excluding carboxylic acids is 1. The van der Waals surface area contributed by atoms with E-state index in [0.717, 1.165) is 6.20 Å². The van der Waals surface area contributed by atoms with E-state index in [2.05, 4.69) is 5.32 Å². The summed E-state index contributed by atoms with van der Waals surface area (Å²) in [5.74, 6) is -1.02. The predicted octanol–water partition coefficient (Wildman–Crippen LogP) is 4.94. The van der Waals surface area contributed by atoms with Gasteiger partial charge in [0, 0.05) is 11.2 Å². The van der Waals surface area contributed by atoms with Crippen LogP contribution in [-0.4, -0.2) is 21.0 Å². The summed E-state index contributed by atoms with van der Waals surface area (Å²) >= 11 is 17.8. The van der Waals surface area contributed by atoms with E-state index in [1.807, 2.05) is 0 Å². The lowest BCUT2D eigenvalue weighted by molar-refractivity contribution is -0.137. The standard InChI is InChI=1S/C17H14Cl3NO4S/c1-2-25-17(22)16(10-21-14-6-4-3-5-12(14)19)26(23,24)15-8-7-11(18)9-13(15)20/h3-10,21H,2H2,1H3/b16-10+. The zero-order valence-corrected chi connectivity index (χ0v) is 16.6. The number of hydrogen-bond acceptors (Lipinski definition) is 5. The summed E-state index contributed by atoms with van der Waals surface area (Å²) in [4.78, 5) is 11.4. The van der Waals surface area contributed by atoms with Gasteiger partial charge in [0.25, 0.3) is 0 Å². The molecule has 2 rings (SSSR count). The van der Waals surface area contributed by atoms with Gasteiger partial charge in [-0.3, -0.25) is 0 Å². The average Bonchev–Trinajstić information content (AvgIpc) is 2.56. The second kappa shape index (κ2) is 8.77. The van der Waals surface area contributed by atoms with Crippen molar-refractivity contribution in [2.24, 2.45) is 0 Å². The van der Waals surface area contributed by atoms with Crippen LogP contribution < -0.4 is 5.32 Å². The third kappa shape index (κ3) is 4.71. The predicted molar refractivity (Wildman–Crippen MR) is 103 cm³/mol. The molecule has 0 aliphatic carbocycles. The zero-order valence-electron chi connectivity index (χ0n) is 13.5. The first kappa shape index (κ1) is 20.6. The normalized spacial score (nSPS) is 11.9. The molecule has 0 aromatic heterocycles. The number of benzene rings is 2. The molecular weight excluding hydrogens is 421 g/mol. The largest absolute Gasteiger partial charge is 0.462 e. The minimum absolute atomic E-state index is 0.00609. The Hall–Kier alpha value is -1.73. The van der Waals surface area contributed by atoms with Crippen molar-refractivity contribution in [3.8, 4) is 0 Å². The van der Waals surface area contributed by atoms with Gasteiger partial charge in [-0.1, -0.05) is 46.9 Å². The van der Waals surface area contributed by atoms with Crippen molar-refractivity contribution in [2.45, 2.75) is 11.8 Å². The number of rotatable bonds is 6. The first-order valence-electron chi connectivity index (χ1n) is 7.36. The number of ether oxygens (including phenoxy) is 1. The molecule has 9 heteroatoms. The lowest BCUT2D eigenvalue weighted by atomic mass is 10.3. The fourth-order valence-electron chi connectivity index (χ4n) is 1.98. The van der Waals surface area contributed by atoms with Crippen molar-refractivity contribution in [1.29, 1.82) is 0 Å². The van der Waals surface area contributed by atoms with Gasteiger partial charge in [-0.2, -0.15) is 0 Å². The number of nitrogens with one attached hydrogen (secondary N) is 1. The summed E-state index contributed by atoms with van der Waals surface area (Å²) in [6, 6.07) is 10.5. The summed E-state index contributed by atoms with van der Waals surface area (Å²) in [6.07, 6.45) is 1.03. The van der Waals surface area contributed by atoms with Crippen molar-refractivity contribution in [3.63, 3.8) is 0 Å². The molecule has 0 spiro atoms. The fraction of sp³-hybridized carbons (Fsp3) is 0.118. The second-order valence-electron chi connectivity index (χ2n) is 4.93. The Bertz CT molecular complexity index is 958. The van der Waals surface area contributed by atoms with E-state index >= 15 is 0 Å². The van der Waals surface area contributed by atoms with Gasteiger partial charge in [0.1, 0.15) is 0 Å². The maximum Gasteiger partial charge on any atom is 0.351 e. The third-order valence-electron chi connectivity index (χ3n) is 3.18. The van der Waals surface area contributed by atoms with Crippen LogP contribution >= 0.6 is 34.8 Å². The van der Waals surface area contributed by atoms with Crippen LogP contribution in [0.3, 0.4) is 0 Å². The number of para-hydroxylation sites is 1. The van der Waals surface area contributed by atoms with Gasteiger partial charge < -0.3 is 10.1 Å². The van der Waals surface area contributed by atoms with Crippen molar-refractivity contribution >= 4 is 56.3 Å². The first-order chi connectivity index (χ1) is 12.3. The summed E-state index contributed by atoms with van der Waals surface area (Å²) in [7, 11) is -4.26. The number of sulfone groups is 1. The minimum atomic E-state index is -4.26. The molecule has 0 aliphatic heterocycles. The van der Waals surface area contributed by atoms with Crippen LogP contribution in [0.15, 0.2) is 58.5 Å². The van der Waals surface area contributed by atoms with E-state index in [4.69, 9.17) is 39.5 Å². The van der Waals surface area contributed by atoms with E-state index in [0.29, 0.717) is 10.7 Å². The smallest absolute Gasteiger partial charge is 0.351 e. The van der Waals surface area contributed by atoms with E-state index in [1.54, 1.807) is 31.2 Å². The molecule has 0 unspecified atom stereocenters. The topological polar surface area (TPSA) is 72.5 Å². The zero-order chi connectivity index (χ0) is 19.3. The number of esters is 1. The van der Waals surface area contributed by atoms with Gasteiger partial charge in [-0.05, 0) is 37.3 Å². The van der Waals surface area contributed by atoms with Crippen LogP contribution in [0.4, 0.5) is 5.69 Å². The maximum absolute atomic E-state index is 12.9. The average molecular weight is 435 g/mol. The van der Waals surface area contributed by atoms with Gasteiger partial charge in [0.05, 0.1) is 27.2 Å². The van der Waals surface area contributed by atoms with Crippen molar-refractivity contribution < 1.29 is 17.9 Å². The van der Waals surface area contributed by atoms with Crippen LogP contribution in [0.25, 0.3) is 0 Å². The van der Waals surface area contributed by atoms with Gasteiger partial charge in [0.15, 0.2) is 4.91 Å². The molecule has 0 saturated heterocycles. The molecule has 0 aliphatic rings. The Morgan fingerprint density at radius 1 is 1.12 bits per heavy atom. The molecule has 0 fully saturated rings. The van der Waals surface area contributed by atoms with Gasteiger partial charge in [-0.15, -0.1) is 0 Å². The highest BCUT2D eigenvalue weighted by molar-refractivity contribution is 7.96. The molecule has 26 heavy (non-hydrogen) atoms. The molecule has 0 radical (unpaired) electrons.